The van der Waals surface area contributed by atoms with Crippen LogP contribution in [0.15, 0.2) is 12.7 Å². The van der Waals surface area contributed by atoms with Crippen LogP contribution in [-0.4, -0.2) is 59.5 Å². The quantitative estimate of drug-likeness (QED) is 0.679. The highest BCUT2D eigenvalue weighted by Crippen LogP contribution is 2.04. The molecule has 1 amide bonds. The van der Waals surface area contributed by atoms with Crippen LogP contribution in [0.5, 0.6) is 0 Å². The number of hydrogen-bond acceptors (Lipinski definition) is 3. The van der Waals surface area contributed by atoms with Gasteiger partial charge in [0.05, 0.1) is 6.42 Å². The smallest absolute Gasteiger partial charge is 0.304 e. The normalized spacial score (nSPS) is 17.1. The van der Waals surface area contributed by atoms with Gasteiger partial charge in [-0.3, -0.25) is 14.5 Å². The highest BCUT2D eigenvalue weighted by molar-refractivity contribution is 5.77. The fourth-order valence-corrected chi connectivity index (χ4v) is 1.73. The second kappa shape index (κ2) is 6.27. The zero-order valence-corrected chi connectivity index (χ0v) is 9.39. The van der Waals surface area contributed by atoms with Crippen molar-refractivity contribution in [3.63, 3.8) is 0 Å². The molecule has 0 saturated carbocycles. The van der Waals surface area contributed by atoms with E-state index in [2.05, 4.69) is 11.5 Å². The summed E-state index contributed by atoms with van der Waals surface area (Å²) in [6.45, 7) is 7.00. The SMILES string of the molecule is C=CCC(=O)N1CCN(CCC(=O)O)CC1. The number of carboxylic acid groups (broad SMARTS) is 1. The molecule has 0 atom stereocenters. The van der Waals surface area contributed by atoms with Crippen molar-refractivity contribution in [1.29, 1.82) is 0 Å². The summed E-state index contributed by atoms with van der Waals surface area (Å²) in [6, 6.07) is 0. The van der Waals surface area contributed by atoms with Crippen molar-refractivity contribution in [2.75, 3.05) is 32.7 Å². The van der Waals surface area contributed by atoms with Crippen molar-refractivity contribution in [2.24, 2.45) is 0 Å². The van der Waals surface area contributed by atoms with Crippen LogP contribution in [0, 0.1) is 0 Å². The summed E-state index contributed by atoms with van der Waals surface area (Å²) >= 11 is 0. The number of hydrogen-bond donors (Lipinski definition) is 1. The molecule has 0 aliphatic carbocycles. The van der Waals surface area contributed by atoms with Crippen molar-refractivity contribution in [1.82, 2.24) is 9.80 Å². The van der Waals surface area contributed by atoms with Crippen molar-refractivity contribution in [3.05, 3.63) is 12.7 Å². The average molecular weight is 226 g/mol. The maximum absolute atomic E-state index is 11.5. The molecular weight excluding hydrogens is 208 g/mol. The zero-order valence-electron chi connectivity index (χ0n) is 9.39. The molecule has 0 bridgehead atoms. The number of piperazine rings is 1. The van der Waals surface area contributed by atoms with Crippen molar-refractivity contribution in [2.45, 2.75) is 12.8 Å². The summed E-state index contributed by atoms with van der Waals surface area (Å²) in [7, 11) is 0. The molecule has 1 heterocycles. The molecule has 1 saturated heterocycles. The number of nitrogens with zero attached hydrogens (tertiary/aromatic N) is 2. The number of amides is 1. The summed E-state index contributed by atoms with van der Waals surface area (Å²) in [5.41, 5.74) is 0. The van der Waals surface area contributed by atoms with Gasteiger partial charge in [0.25, 0.3) is 0 Å². The van der Waals surface area contributed by atoms with Crippen LogP contribution in [0.3, 0.4) is 0 Å². The summed E-state index contributed by atoms with van der Waals surface area (Å²) in [5.74, 6) is -0.668. The molecule has 5 nitrogen and oxygen atoms in total. The maximum Gasteiger partial charge on any atom is 0.304 e. The van der Waals surface area contributed by atoms with E-state index in [1.165, 1.54) is 0 Å². The first-order chi connectivity index (χ1) is 7.63. The minimum Gasteiger partial charge on any atom is -0.481 e. The molecule has 1 aliphatic heterocycles. The predicted octanol–water partition coefficient (Wildman–Crippen LogP) is 0.181. The van der Waals surface area contributed by atoms with Crippen LogP contribution in [-0.2, 0) is 9.59 Å². The predicted molar refractivity (Wildman–Crippen MR) is 60.1 cm³/mol. The zero-order chi connectivity index (χ0) is 12.0. The Kier molecular flexibility index (Phi) is 4.98. The number of carboxylic acids is 1. The van der Waals surface area contributed by atoms with Crippen LogP contribution >= 0.6 is 0 Å². The van der Waals surface area contributed by atoms with Gasteiger partial charge in [-0.05, 0) is 0 Å². The molecule has 0 radical (unpaired) electrons. The second-order valence-corrected chi connectivity index (χ2v) is 3.86. The molecule has 1 N–H and O–H groups in total. The lowest BCUT2D eigenvalue weighted by atomic mass is 10.2. The summed E-state index contributed by atoms with van der Waals surface area (Å²) < 4.78 is 0. The van der Waals surface area contributed by atoms with Crippen LogP contribution in [0.2, 0.25) is 0 Å². The Balaban J connectivity index is 2.25. The highest BCUT2D eigenvalue weighted by Gasteiger charge is 2.20. The van der Waals surface area contributed by atoms with E-state index >= 15 is 0 Å². The Morgan fingerprint density at radius 1 is 1.25 bits per heavy atom. The van der Waals surface area contributed by atoms with Gasteiger partial charge in [-0.15, -0.1) is 6.58 Å². The Labute approximate surface area is 95.3 Å². The third-order valence-corrected chi connectivity index (χ3v) is 2.69. The molecule has 1 aliphatic rings. The van der Waals surface area contributed by atoms with E-state index in [-0.39, 0.29) is 12.3 Å². The van der Waals surface area contributed by atoms with Crippen molar-refractivity contribution in [3.8, 4) is 0 Å². The van der Waals surface area contributed by atoms with Gasteiger partial charge >= 0.3 is 5.97 Å². The first-order valence-corrected chi connectivity index (χ1v) is 5.46. The second-order valence-electron chi connectivity index (χ2n) is 3.86. The Morgan fingerprint density at radius 3 is 2.38 bits per heavy atom. The summed E-state index contributed by atoms with van der Waals surface area (Å²) in [4.78, 5) is 25.8. The van der Waals surface area contributed by atoms with Crippen molar-refractivity contribution < 1.29 is 14.7 Å². The Bertz CT molecular complexity index is 270. The monoisotopic (exact) mass is 226 g/mol. The standard InChI is InChI=1S/C11H18N2O3/c1-2-3-10(14)13-8-6-12(7-9-13)5-4-11(15)16/h2H,1,3-9H2,(H,15,16). The van der Waals surface area contributed by atoms with E-state index < -0.39 is 5.97 Å². The molecular formula is C11H18N2O3. The lowest BCUT2D eigenvalue weighted by Gasteiger charge is -2.34. The van der Waals surface area contributed by atoms with E-state index in [1.807, 2.05) is 0 Å². The minimum atomic E-state index is -0.773. The van der Waals surface area contributed by atoms with Gasteiger partial charge in [-0.25, -0.2) is 0 Å². The van der Waals surface area contributed by atoms with Crippen LogP contribution in [0.4, 0.5) is 0 Å². The van der Waals surface area contributed by atoms with Crippen LogP contribution in [0.25, 0.3) is 0 Å². The highest BCUT2D eigenvalue weighted by atomic mass is 16.4. The van der Waals surface area contributed by atoms with Gasteiger partial charge in [0, 0.05) is 39.1 Å². The molecule has 1 fully saturated rings. The van der Waals surface area contributed by atoms with Crippen molar-refractivity contribution >= 4 is 11.9 Å². The number of carbonyl (C=O) groups excluding carboxylic acids is 1. The molecule has 0 aromatic carbocycles. The minimum absolute atomic E-state index is 0.105. The largest absolute Gasteiger partial charge is 0.481 e. The average Bonchev–Trinajstić information content (AvgIpc) is 2.27. The van der Waals surface area contributed by atoms with E-state index in [4.69, 9.17) is 5.11 Å². The molecule has 90 valence electrons. The van der Waals surface area contributed by atoms with Crippen LogP contribution < -0.4 is 0 Å². The lowest BCUT2D eigenvalue weighted by Crippen LogP contribution is -2.48. The fraction of sp³-hybridized carbons (Fsp3) is 0.636. The number of rotatable bonds is 5. The van der Waals surface area contributed by atoms with Gasteiger partial charge in [0.1, 0.15) is 0 Å². The van der Waals surface area contributed by atoms with E-state index in [1.54, 1.807) is 11.0 Å². The molecule has 16 heavy (non-hydrogen) atoms. The third kappa shape index (κ3) is 4.02. The van der Waals surface area contributed by atoms with Gasteiger partial charge < -0.3 is 10.0 Å². The maximum atomic E-state index is 11.5. The first kappa shape index (κ1) is 12.7. The molecule has 0 aromatic rings. The third-order valence-electron chi connectivity index (χ3n) is 2.69. The Hall–Kier alpha value is -1.36. The fourth-order valence-electron chi connectivity index (χ4n) is 1.73. The van der Waals surface area contributed by atoms with E-state index in [9.17, 15) is 9.59 Å². The molecule has 1 rings (SSSR count). The molecule has 5 heteroatoms. The molecule has 0 aromatic heterocycles. The first-order valence-electron chi connectivity index (χ1n) is 5.46. The summed E-state index contributed by atoms with van der Waals surface area (Å²) in [6.07, 6.45) is 2.16. The van der Waals surface area contributed by atoms with E-state index in [0.717, 1.165) is 13.1 Å². The lowest BCUT2D eigenvalue weighted by molar-refractivity contribution is -0.138. The molecule has 0 unspecified atom stereocenters. The summed E-state index contributed by atoms with van der Waals surface area (Å²) in [5, 5.41) is 8.55. The molecule has 0 spiro atoms. The van der Waals surface area contributed by atoms with Gasteiger partial charge in [0.2, 0.25) is 5.91 Å². The Morgan fingerprint density at radius 2 is 1.88 bits per heavy atom. The van der Waals surface area contributed by atoms with Gasteiger partial charge in [-0.2, -0.15) is 0 Å². The van der Waals surface area contributed by atoms with Gasteiger partial charge in [-0.1, -0.05) is 6.08 Å². The van der Waals surface area contributed by atoms with Crippen LogP contribution in [0.1, 0.15) is 12.8 Å². The van der Waals surface area contributed by atoms with E-state index in [0.29, 0.717) is 26.1 Å². The number of carbonyl (C=O) groups is 2. The number of aliphatic carboxylic acids is 1. The topological polar surface area (TPSA) is 60.9 Å². The van der Waals surface area contributed by atoms with Gasteiger partial charge in [0.15, 0.2) is 0 Å².